The number of aryl methyl sites for hydroxylation is 1. The van der Waals surface area contributed by atoms with Crippen LogP contribution >= 0.6 is 12.4 Å². The number of carbonyl (C=O) groups is 1. The monoisotopic (exact) mass is 244 g/mol. The van der Waals surface area contributed by atoms with Gasteiger partial charge in [-0.3, -0.25) is 9.48 Å². The van der Waals surface area contributed by atoms with Crippen LogP contribution in [0.2, 0.25) is 0 Å². The fourth-order valence-electron chi connectivity index (χ4n) is 1.96. The number of nitrogens with zero attached hydrogens (tertiary/aromatic N) is 2. The van der Waals surface area contributed by atoms with Crippen molar-refractivity contribution >= 4 is 24.1 Å². The molecule has 1 fully saturated rings. The third-order valence-electron chi connectivity index (χ3n) is 2.90. The summed E-state index contributed by atoms with van der Waals surface area (Å²) in [6.45, 7) is 0. The highest BCUT2D eigenvalue weighted by molar-refractivity contribution is 5.97. The predicted octanol–water partition coefficient (Wildman–Crippen LogP) is 1.05. The van der Waals surface area contributed by atoms with Crippen LogP contribution in [0.3, 0.4) is 0 Å². The average Bonchev–Trinajstić information content (AvgIpc) is 2.76. The van der Waals surface area contributed by atoms with Crippen LogP contribution in [0.1, 0.15) is 25.7 Å². The number of rotatable bonds is 2. The predicted molar refractivity (Wildman–Crippen MR) is 64.5 cm³/mol. The molecule has 0 saturated heterocycles. The second-order valence-electron chi connectivity index (χ2n) is 4.19. The van der Waals surface area contributed by atoms with Crippen molar-refractivity contribution in [2.45, 2.75) is 31.2 Å². The summed E-state index contributed by atoms with van der Waals surface area (Å²) in [4.78, 5) is 11.9. The van der Waals surface area contributed by atoms with Crippen LogP contribution in [-0.4, -0.2) is 21.2 Å². The molecule has 0 atom stereocenters. The Morgan fingerprint density at radius 1 is 1.56 bits per heavy atom. The Bertz CT molecular complexity index is 371. The van der Waals surface area contributed by atoms with Gasteiger partial charge < -0.3 is 11.1 Å². The van der Waals surface area contributed by atoms with Crippen LogP contribution in [0, 0.1) is 0 Å². The molecule has 90 valence electrons. The maximum absolute atomic E-state index is 11.9. The maximum Gasteiger partial charge on any atom is 0.245 e. The zero-order chi connectivity index (χ0) is 10.9. The summed E-state index contributed by atoms with van der Waals surface area (Å²) in [6.07, 6.45) is 5.39. The Balaban J connectivity index is 0.00000128. The lowest BCUT2D eigenvalue weighted by Gasteiger charge is -2.21. The lowest BCUT2D eigenvalue weighted by Crippen LogP contribution is -2.48. The fraction of sp³-hybridized carbons (Fsp3) is 0.600. The van der Waals surface area contributed by atoms with Gasteiger partial charge in [-0.25, -0.2) is 0 Å². The summed E-state index contributed by atoms with van der Waals surface area (Å²) in [5.74, 6) is 0.456. The van der Waals surface area contributed by atoms with Gasteiger partial charge in [0.2, 0.25) is 5.91 Å². The average molecular weight is 245 g/mol. The van der Waals surface area contributed by atoms with E-state index in [9.17, 15) is 4.79 Å². The Morgan fingerprint density at radius 3 is 2.69 bits per heavy atom. The van der Waals surface area contributed by atoms with Crippen LogP contribution in [0.25, 0.3) is 0 Å². The molecule has 1 saturated carbocycles. The maximum atomic E-state index is 11.9. The minimum absolute atomic E-state index is 0. The van der Waals surface area contributed by atoms with Gasteiger partial charge in [0.05, 0.1) is 5.54 Å². The molecular formula is C10H17ClN4O. The first-order chi connectivity index (χ1) is 7.10. The van der Waals surface area contributed by atoms with Crippen LogP contribution in [0.4, 0.5) is 5.82 Å². The number of anilines is 1. The first-order valence-electron chi connectivity index (χ1n) is 5.20. The molecule has 1 aromatic rings. The molecule has 0 spiro atoms. The smallest absolute Gasteiger partial charge is 0.245 e. The van der Waals surface area contributed by atoms with E-state index >= 15 is 0 Å². The molecule has 1 aliphatic carbocycles. The normalized spacial score (nSPS) is 17.9. The van der Waals surface area contributed by atoms with Crippen molar-refractivity contribution in [1.82, 2.24) is 9.78 Å². The second kappa shape index (κ2) is 4.84. The van der Waals surface area contributed by atoms with E-state index in [1.165, 1.54) is 0 Å². The number of amides is 1. The Kier molecular flexibility index (Phi) is 3.93. The fourth-order valence-corrected chi connectivity index (χ4v) is 1.96. The zero-order valence-electron chi connectivity index (χ0n) is 9.27. The van der Waals surface area contributed by atoms with Crippen molar-refractivity contribution in [3.8, 4) is 0 Å². The molecule has 16 heavy (non-hydrogen) atoms. The quantitative estimate of drug-likeness (QED) is 0.817. The molecule has 1 heterocycles. The van der Waals surface area contributed by atoms with Gasteiger partial charge in [0.1, 0.15) is 0 Å². The number of aromatic nitrogens is 2. The standard InChI is InChI=1S/C10H16N4O.ClH/c1-14-7-4-8(13-14)12-9(15)10(11)5-2-3-6-10;/h4,7H,2-3,5-6,11H2,1H3,(H,12,13,15);1H. The van der Waals surface area contributed by atoms with E-state index in [2.05, 4.69) is 10.4 Å². The molecule has 1 amide bonds. The topological polar surface area (TPSA) is 72.9 Å². The van der Waals surface area contributed by atoms with Gasteiger partial charge in [-0.1, -0.05) is 12.8 Å². The minimum Gasteiger partial charge on any atom is -0.317 e. The van der Waals surface area contributed by atoms with Gasteiger partial charge in [-0.15, -0.1) is 12.4 Å². The summed E-state index contributed by atoms with van der Waals surface area (Å²) in [5, 5.41) is 6.83. The lowest BCUT2D eigenvalue weighted by atomic mass is 9.98. The summed E-state index contributed by atoms with van der Waals surface area (Å²) >= 11 is 0. The molecule has 2 rings (SSSR count). The van der Waals surface area contributed by atoms with Crippen molar-refractivity contribution < 1.29 is 4.79 Å². The van der Waals surface area contributed by atoms with E-state index in [4.69, 9.17) is 5.73 Å². The number of halogens is 1. The van der Waals surface area contributed by atoms with Gasteiger partial charge in [-0.2, -0.15) is 5.10 Å². The zero-order valence-corrected chi connectivity index (χ0v) is 10.1. The first kappa shape index (κ1) is 13.0. The second-order valence-corrected chi connectivity index (χ2v) is 4.19. The minimum atomic E-state index is -0.683. The third-order valence-corrected chi connectivity index (χ3v) is 2.90. The SMILES string of the molecule is Cl.Cn1ccc(NC(=O)C2(N)CCCC2)n1. The van der Waals surface area contributed by atoms with E-state index in [-0.39, 0.29) is 18.3 Å². The molecule has 1 aliphatic rings. The van der Waals surface area contributed by atoms with Gasteiger partial charge >= 0.3 is 0 Å². The van der Waals surface area contributed by atoms with E-state index in [1.807, 2.05) is 7.05 Å². The summed E-state index contributed by atoms with van der Waals surface area (Å²) in [6, 6.07) is 1.76. The first-order valence-corrected chi connectivity index (χ1v) is 5.20. The molecule has 0 aromatic carbocycles. The highest BCUT2D eigenvalue weighted by Gasteiger charge is 2.37. The molecule has 0 radical (unpaired) electrons. The molecule has 0 bridgehead atoms. The summed E-state index contributed by atoms with van der Waals surface area (Å²) in [5.41, 5.74) is 5.33. The number of hydrogen-bond donors (Lipinski definition) is 2. The van der Waals surface area contributed by atoms with E-state index < -0.39 is 5.54 Å². The Hall–Kier alpha value is -1.07. The van der Waals surface area contributed by atoms with Crippen molar-refractivity contribution in [3.05, 3.63) is 12.3 Å². The van der Waals surface area contributed by atoms with E-state index in [1.54, 1.807) is 16.9 Å². The number of hydrogen-bond acceptors (Lipinski definition) is 3. The van der Waals surface area contributed by atoms with Crippen molar-refractivity contribution in [2.24, 2.45) is 12.8 Å². The molecule has 0 unspecified atom stereocenters. The summed E-state index contributed by atoms with van der Waals surface area (Å²) < 4.78 is 1.65. The third kappa shape index (κ3) is 2.54. The van der Waals surface area contributed by atoms with E-state index in [0.717, 1.165) is 25.7 Å². The molecule has 3 N–H and O–H groups in total. The molecule has 5 nitrogen and oxygen atoms in total. The summed E-state index contributed by atoms with van der Waals surface area (Å²) in [7, 11) is 1.81. The van der Waals surface area contributed by atoms with Gasteiger partial charge in [0, 0.05) is 19.3 Å². The molecule has 6 heteroatoms. The van der Waals surface area contributed by atoms with Crippen molar-refractivity contribution in [3.63, 3.8) is 0 Å². The van der Waals surface area contributed by atoms with Gasteiger partial charge in [0.25, 0.3) is 0 Å². The van der Waals surface area contributed by atoms with Gasteiger partial charge in [-0.05, 0) is 12.8 Å². The largest absolute Gasteiger partial charge is 0.317 e. The molecule has 0 aliphatic heterocycles. The number of nitrogens with one attached hydrogen (secondary N) is 1. The van der Waals surface area contributed by atoms with Crippen LogP contribution in [0.5, 0.6) is 0 Å². The Labute approximate surface area is 101 Å². The highest BCUT2D eigenvalue weighted by atomic mass is 35.5. The van der Waals surface area contributed by atoms with Crippen molar-refractivity contribution in [1.29, 1.82) is 0 Å². The Morgan fingerprint density at radius 2 is 2.19 bits per heavy atom. The lowest BCUT2D eigenvalue weighted by molar-refractivity contribution is -0.121. The van der Waals surface area contributed by atoms with Crippen LogP contribution in [0.15, 0.2) is 12.3 Å². The number of nitrogens with two attached hydrogens (primary N) is 1. The molecule has 1 aromatic heterocycles. The van der Waals surface area contributed by atoms with Crippen LogP contribution in [-0.2, 0) is 11.8 Å². The highest BCUT2D eigenvalue weighted by Crippen LogP contribution is 2.28. The van der Waals surface area contributed by atoms with Crippen molar-refractivity contribution in [2.75, 3.05) is 5.32 Å². The van der Waals surface area contributed by atoms with Crippen LogP contribution < -0.4 is 11.1 Å². The van der Waals surface area contributed by atoms with E-state index in [0.29, 0.717) is 5.82 Å². The van der Waals surface area contributed by atoms with Gasteiger partial charge in [0.15, 0.2) is 5.82 Å². The number of carbonyl (C=O) groups excluding carboxylic acids is 1. The molecular weight excluding hydrogens is 228 g/mol.